The SMILES string of the molecule is COC(=O)c1cnc(NC[C@@H]2CCCO2)c([N+](=O)[O-])c1. The minimum Gasteiger partial charge on any atom is -0.465 e. The van der Waals surface area contributed by atoms with Crippen molar-refractivity contribution in [2.75, 3.05) is 25.6 Å². The summed E-state index contributed by atoms with van der Waals surface area (Å²) in [6, 6.07) is 1.15. The standard InChI is InChI=1S/C12H15N3O5/c1-19-12(16)8-5-10(15(17)18)11(13-6-8)14-7-9-3-2-4-20-9/h5-6,9H,2-4,7H2,1H3,(H,13,14)/t9-/m0/s1. The molecule has 1 N–H and O–H groups in total. The average molecular weight is 281 g/mol. The summed E-state index contributed by atoms with van der Waals surface area (Å²) in [6.45, 7) is 1.16. The van der Waals surface area contributed by atoms with Crippen LogP contribution in [-0.4, -0.2) is 42.2 Å². The molecule has 8 heteroatoms. The predicted octanol–water partition coefficient (Wildman–Crippen LogP) is 1.37. The quantitative estimate of drug-likeness (QED) is 0.493. The topological polar surface area (TPSA) is 104 Å². The fourth-order valence-electron chi connectivity index (χ4n) is 1.97. The van der Waals surface area contributed by atoms with Crippen LogP contribution in [-0.2, 0) is 9.47 Å². The van der Waals surface area contributed by atoms with Gasteiger partial charge < -0.3 is 14.8 Å². The second-order valence-corrected chi connectivity index (χ2v) is 4.36. The normalized spacial score (nSPS) is 17.8. The van der Waals surface area contributed by atoms with Crippen LogP contribution in [0.4, 0.5) is 11.5 Å². The first kappa shape index (κ1) is 14.2. The number of esters is 1. The van der Waals surface area contributed by atoms with Crippen molar-refractivity contribution in [2.45, 2.75) is 18.9 Å². The lowest BCUT2D eigenvalue weighted by Gasteiger charge is -2.11. The molecule has 1 aliphatic heterocycles. The number of methoxy groups -OCH3 is 1. The van der Waals surface area contributed by atoms with E-state index in [-0.39, 0.29) is 23.2 Å². The maximum Gasteiger partial charge on any atom is 0.339 e. The van der Waals surface area contributed by atoms with Gasteiger partial charge in [0, 0.05) is 25.4 Å². The number of nitro groups is 1. The molecule has 0 aliphatic carbocycles. The molecule has 1 aliphatic rings. The first-order valence-electron chi connectivity index (χ1n) is 6.20. The van der Waals surface area contributed by atoms with E-state index >= 15 is 0 Å². The lowest BCUT2D eigenvalue weighted by Crippen LogP contribution is -2.19. The van der Waals surface area contributed by atoms with Gasteiger partial charge in [-0.2, -0.15) is 0 Å². The molecule has 0 amide bonds. The summed E-state index contributed by atoms with van der Waals surface area (Å²) in [5.41, 5.74) is -0.215. The fourth-order valence-corrected chi connectivity index (χ4v) is 1.97. The van der Waals surface area contributed by atoms with Gasteiger partial charge in [0.1, 0.15) is 0 Å². The third kappa shape index (κ3) is 3.21. The van der Waals surface area contributed by atoms with Crippen LogP contribution in [0.25, 0.3) is 0 Å². The highest BCUT2D eigenvalue weighted by Crippen LogP contribution is 2.24. The number of nitrogens with zero attached hydrogens (tertiary/aromatic N) is 2. The highest BCUT2D eigenvalue weighted by atomic mass is 16.6. The van der Waals surface area contributed by atoms with Gasteiger partial charge in [-0.1, -0.05) is 0 Å². The van der Waals surface area contributed by atoms with E-state index in [0.29, 0.717) is 13.2 Å². The summed E-state index contributed by atoms with van der Waals surface area (Å²) in [5, 5.41) is 13.9. The van der Waals surface area contributed by atoms with Crippen molar-refractivity contribution in [3.05, 3.63) is 27.9 Å². The Hall–Kier alpha value is -2.22. The van der Waals surface area contributed by atoms with Gasteiger partial charge in [-0.3, -0.25) is 10.1 Å². The third-order valence-corrected chi connectivity index (χ3v) is 3.01. The van der Waals surface area contributed by atoms with Crippen LogP contribution in [0.5, 0.6) is 0 Å². The highest BCUT2D eigenvalue weighted by molar-refractivity contribution is 5.90. The molecule has 1 saturated heterocycles. The minimum atomic E-state index is -0.661. The monoisotopic (exact) mass is 281 g/mol. The summed E-state index contributed by atoms with van der Waals surface area (Å²) in [7, 11) is 1.21. The number of rotatable bonds is 5. The van der Waals surface area contributed by atoms with Crippen molar-refractivity contribution in [3.8, 4) is 0 Å². The van der Waals surface area contributed by atoms with Gasteiger partial charge in [0.25, 0.3) is 0 Å². The first-order valence-corrected chi connectivity index (χ1v) is 6.20. The van der Waals surface area contributed by atoms with Gasteiger partial charge >= 0.3 is 11.7 Å². The molecule has 0 unspecified atom stereocenters. The Morgan fingerprint density at radius 1 is 1.70 bits per heavy atom. The van der Waals surface area contributed by atoms with Crippen LogP contribution in [0, 0.1) is 10.1 Å². The summed E-state index contributed by atoms with van der Waals surface area (Å²) < 4.78 is 9.93. The minimum absolute atomic E-state index is 0.0386. The van der Waals surface area contributed by atoms with Gasteiger partial charge in [-0.25, -0.2) is 9.78 Å². The molecule has 2 rings (SSSR count). The molecule has 108 valence electrons. The van der Waals surface area contributed by atoms with Crippen molar-refractivity contribution in [1.82, 2.24) is 4.98 Å². The number of carbonyl (C=O) groups excluding carboxylic acids is 1. The smallest absolute Gasteiger partial charge is 0.339 e. The maximum absolute atomic E-state index is 11.3. The Kier molecular flexibility index (Phi) is 4.46. The Labute approximate surface area is 115 Å². The zero-order chi connectivity index (χ0) is 14.5. The molecule has 0 bridgehead atoms. The molecule has 0 saturated carbocycles. The maximum atomic E-state index is 11.3. The Bertz CT molecular complexity index is 514. The summed E-state index contributed by atoms with van der Waals surface area (Å²) in [4.78, 5) is 25.7. The van der Waals surface area contributed by atoms with E-state index in [2.05, 4.69) is 15.0 Å². The van der Waals surface area contributed by atoms with Crippen molar-refractivity contribution in [3.63, 3.8) is 0 Å². The Morgan fingerprint density at radius 3 is 3.10 bits per heavy atom. The van der Waals surface area contributed by atoms with Gasteiger partial charge in [0.05, 0.1) is 23.7 Å². The van der Waals surface area contributed by atoms with Crippen LogP contribution < -0.4 is 5.32 Å². The third-order valence-electron chi connectivity index (χ3n) is 3.01. The zero-order valence-electron chi connectivity index (χ0n) is 11.0. The molecule has 1 aromatic rings. The number of anilines is 1. The van der Waals surface area contributed by atoms with Crippen molar-refractivity contribution < 1.29 is 19.2 Å². The van der Waals surface area contributed by atoms with Gasteiger partial charge in [0.2, 0.25) is 5.82 Å². The molecule has 1 aromatic heterocycles. The summed E-state index contributed by atoms with van der Waals surface area (Å²) >= 11 is 0. The lowest BCUT2D eigenvalue weighted by atomic mass is 10.2. The van der Waals surface area contributed by atoms with Gasteiger partial charge in [-0.05, 0) is 12.8 Å². The van der Waals surface area contributed by atoms with Crippen molar-refractivity contribution in [2.24, 2.45) is 0 Å². The van der Waals surface area contributed by atoms with E-state index < -0.39 is 10.9 Å². The summed E-state index contributed by atoms with van der Waals surface area (Å²) in [6.07, 6.45) is 3.19. The molecule has 0 spiro atoms. The summed E-state index contributed by atoms with van der Waals surface area (Å²) in [5.74, 6) is -0.538. The molecular weight excluding hydrogens is 266 g/mol. The van der Waals surface area contributed by atoms with Crippen LogP contribution in [0.1, 0.15) is 23.2 Å². The van der Waals surface area contributed by atoms with E-state index in [9.17, 15) is 14.9 Å². The second-order valence-electron chi connectivity index (χ2n) is 4.36. The second kappa shape index (κ2) is 6.29. The van der Waals surface area contributed by atoms with E-state index in [0.717, 1.165) is 18.9 Å². The van der Waals surface area contributed by atoms with Crippen molar-refractivity contribution >= 4 is 17.5 Å². The van der Waals surface area contributed by atoms with E-state index in [4.69, 9.17) is 4.74 Å². The molecular formula is C12H15N3O5. The van der Waals surface area contributed by atoms with Crippen LogP contribution >= 0.6 is 0 Å². The number of carbonyl (C=O) groups is 1. The molecule has 20 heavy (non-hydrogen) atoms. The number of pyridine rings is 1. The highest BCUT2D eigenvalue weighted by Gasteiger charge is 2.21. The number of aromatic nitrogens is 1. The molecule has 1 atom stereocenters. The van der Waals surface area contributed by atoms with Crippen molar-refractivity contribution in [1.29, 1.82) is 0 Å². The fraction of sp³-hybridized carbons (Fsp3) is 0.500. The zero-order valence-corrected chi connectivity index (χ0v) is 11.0. The molecule has 2 heterocycles. The van der Waals surface area contributed by atoms with Crippen LogP contribution in [0.3, 0.4) is 0 Å². The number of ether oxygens (including phenoxy) is 2. The van der Waals surface area contributed by atoms with Crippen LogP contribution in [0.15, 0.2) is 12.3 Å². The van der Waals surface area contributed by atoms with E-state index in [1.54, 1.807) is 0 Å². The average Bonchev–Trinajstić information content (AvgIpc) is 2.97. The van der Waals surface area contributed by atoms with E-state index in [1.807, 2.05) is 0 Å². The first-order chi connectivity index (χ1) is 9.61. The Morgan fingerprint density at radius 2 is 2.50 bits per heavy atom. The lowest BCUT2D eigenvalue weighted by molar-refractivity contribution is -0.384. The van der Waals surface area contributed by atoms with Gasteiger partial charge in [0.15, 0.2) is 0 Å². The van der Waals surface area contributed by atoms with Gasteiger partial charge in [-0.15, -0.1) is 0 Å². The predicted molar refractivity (Wildman–Crippen MR) is 69.7 cm³/mol. The van der Waals surface area contributed by atoms with E-state index in [1.165, 1.54) is 13.3 Å². The molecule has 1 fully saturated rings. The number of hydrogen-bond acceptors (Lipinski definition) is 7. The van der Waals surface area contributed by atoms with Crippen LogP contribution in [0.2, 0.25) is 0 Å². The molecule has 0 aromatic carbocycles. The largest absolute Gasteiger partial charge is 0.465 e. The number of nitrogens with one attached hydrogen (secondary N) is 1. The Balaban J connectivity index is 2.14. The molecule has 8 nitrogen and oxygen atoms in total. The number of hydrogen-bond donors (Lipinski definition) is 1. The molecule has 0 radical (unpaired) electrons.